The van der Waals surface area contributed by atoms with Crippen LogP contribution in [-0.2, 0) is 19.3 Å². The molecule has 0 aromatic heterocycles. The molecule has 0 bridgehead atoms. The van der Waals surface area contributed by atoms with E-state index in [0.29, 0.717) is 5.06 Å². The van der Waals surface area contributed by atoms with E-state index in [1.807, 2.05) is 0 Å². The van der Waals surface area contributed by atoms with Crippen LogP contribution in [0.3, 0.4) is 0 Å². The van der Waals surface area contributed by atoms with Gasteiger partial charge in [0.25, 0.3) is 11.8 Å². The molecule has 1 aromatic rings. The largest absolute Gasteiger partial charge is 0.478 e. The summed E-state index contributed by atoms with van der Waals surface area (Å²) in [6.45, 7) is 0.498. The topological polar surface area (TPSA) is 131 Å². The number of amides is 5. The number of quaternary nitrogens is 1. The van der Waals surface area contributed by atoms with Gasteiger partial charge in [-0.05, 0) is 4.94 Å². The Kier molecular flexibility index (Phi) is 5.71. The van der Waals surface area contributed by atoms with Gasteiger partial charge in [-0.1, -0.05) is 23.3 Å². The molecule has 128 valence electrons. The lowest BCUT2D eigenvalue weighted by molar-refractivity contribution is -0.251. The minimum absolute atomic E-state index is 0.0421. The number of rotatable bonds is 7. The number of benzene rings is 1. The molecule has 10 heteroatoms. The quantitative estimate of drug-likeness (QED) is 0.198. The van der Waals surface area contributed by atoms with E-state index < -0.39 is 22.5 Å². The second-order valence-corrected chi connectivity index (χ2v) is 4.91. The highest BCUT2D eigenvalue weighted by Crippen LogP contribution is 2.25. The zero-order valence-electron chi connectivity index (χ0n) is 12.8. The van der Waals surface area contributed by atoms with E-state index in [9.17, 15) is 19.2 Å². The van der Waals surface area contributed by atoms with E-state index in [1.54, 1.807) is 18.2 Å². The molecule has 1 atom stereocenters. The smallest absolute Gasteiger partial charge is 0.329 e. The van der Waals surface area contributed by atoms with E-state index in [4.69, 9.17) is 10.7 Å². The molecule has 1 unspecified atom stereocenters. The van der Waals surface area contributed by atoms with Gasteiger partial charge in [-0.2, -0.15) is 0 Å². The summed E-state index contributed by atoms with van der Waals surface area (Å²) >= 11 is 0. The Morgan fingerprint density at radius 1 is 1.25 bits per heavy atom. The Bertz CT molecular complexity index is 622. The average Bonchev–Trinajstić information content (AvgIpc) is 2.92. The van der Waals surface area contributed by atoms with Gasteiger partial charge in [0.15, 0.2) is 5.69 Å². The van der Waals surface area contributed by atoms with Gasteiger partial charge < -0.3 is 5.73 Å². The Balaban J connectivity index is 2.36. The third kappa shape index (κ3) is 3.46. The van der Waals surface area contributed by atoms with Crippen LogP contribution in [0.15, 0.2) is 30.3 Å². The lowest BCUT2D eigenvalue weighted by atomic mass is 10.3. The van der Waals surface area contributed by atoms with Crippen LogP contribution >= 0.6 is 0 Å². The molecule has 0 radical (unpaired) electrons. The number of carbonyl (C=O) groups is 4. The zero-order valence-corrected chi connectivity index (χ0v) is 12.8. The maximum Gasteiger partial charge on any atom is 0.478 e. The number of urea groups is 1. The summed E-state index contributed by atoms with van der Waals surface area (Å²) in [5, 5.41) is 0.448. The highest BCUT2D eigenvalue weighted by Gasteiger charge is 2.49. The van der Waals surface area contributed by atoms with Crippen LogP contribution < -0.4 is 21.2 Å². The van der Waals surface area contributed by atoms with Crippen LogP contribution in [0.2, 0.25) is 0 Å². The third-order valence-electron chi connectivity index (χ3n) is 3.27. The summed E-state index contributed by atoms with van der Waals surface area (Å²) in [4.78, 5) is 53.1. The zero-order chi connectivity index (χ0) is 17.6. The molecule has 2 rings (SSSR count). The molecule has 1 aliphatic heterocycles. The molecule has 10 nitrogen and oxygen atoms in total. The first-order valence-corrected chi connectivity index (χ1v) is 7.25. The van der Waals surface area contributed by atoms with Crippen molar-refractivity contribution in [2.45, 2.75) is 12.8 Å². The van der Waals surface area contributed by atoms with Gasteiger partial charge in [-0.25, -0.2) is 20.4 Å². The highest BCUT2D eigenvalue weighted by molar-refractivity contribution is 6.02. The van der Waals surface area contributed by atoms with Crippen LogP contribution in [0.5, 0.6) is 0 Å². The molecule has 1 aliphatic rings. The number of hydrazine groups is 1. The van der Waals surface area contributed by atoms with E-state index in [0.717, 1.165) is 0 Å². The molecule has 0 saturated carbocycles. The van der Waals surface area contributed by atoms with Crippen molar-refractivity contribution in [3.05, 3.63) is 30.3 Å². The van der Waals surface area contributed by atoms with Gasteiger partial charge in [-0.3, -0.25) is 9.59 Å². The fourth-order valence-corrected chi connectivity index (χ4v) is 2.05. The van der Waals surface area contributed by atoms with Gasteiger partial charge in [0.05, 0.1) is 0 Å². The fraction of sp³-hybridized carbons (Fsp3) is 0.286. The van der Waals surface area contributed by atoms with E-state index in [2.05, 4.69) is 10.9 Å². The Labute approximate surface area is 137 Å². The predicted molar refractivity (Wildman–Crippen MR) is 82.1 cm³/mol. The minimum Gasteiger partial charge on any atom is -0.329 e. The van der Waals surface area contributed by atoms with Crippen molar-refractivity contribution in [3.8, 4) is 0 Å². The van der Waals surface area contributed by atoms with Crippen LogP contribution in [0, 0.1) is 0 Å². The summed E-state index contributed by atoms with van der Waals surface area (Å²) in [5.74, 6) is -1.24. The summed E-state index contributed by atoms with van der Waals surface area (Å²) in [5.41, 5.74) is 10.2. The molecule has 1 aromatic carbocycles. The Morgan fingerprint density at radius 3 is 2.42 bits per heavy atom. The summed E-state index contributed by atoms with van der Waals surface area (Å²) in [6.07, 6.45) is 0.104. The first-order valence-electron chi connectivity index (χ1n) is 7.25. The molecule has 24 heavy (non-hydrogen) atoms. The second kappa shape index (κ2) is 7.75. The molecule has 1 saturated heterocycles. The van der Waals surface area contributed by atoms with Gasteiger partial charge in [-0.15, -0.1) is 0 Å². The third-order valence-corrected chi connectivity index (χ3v) is 3.27. The maximum atomic E-state index is 12.5. The average molecular weight is 336 g/mol. The van der Waals surface area contributed by atoms with Crippen molar-refractivity contribution in [1.82, 2.24) is 20.6 Å². The van der Waals surface area contributed by atoms with Crippen molar-refractivity contribution < 1.29 is 24.1 Å². The maximum absolute atomic E-state index is 12.5. The molecule has 1 heterocycles. The number of hydroxylamine groups is 4. The van der Waals surface area contributed by atoms with E-state index in [1.165, 1.54) is 12.1 Å². The normalized spacial score (nSPS) is 16.8. The summed E-state index contributed by atoms with van der Waals surface area (Å²) in [7, 11) is 0. The van der Waals surface area contributed by atoms with Crippen LogP contribution in [0.25, 0.3) is 0 Å². The molecule has 4 N–H and O–H groups in total. The number of nitrogens with one attached hydrogen (secondary N) is 2. The van der Waals surface area contributed by atoms with E-state index >= 15 is 0 Å². The van der Waals surface area contributed by atoms with Crippen molar-refractivity contribution in [1.29, 1.82) is 0 Å². The first-order chi connectivity index (χ1) is 11.5. The lowest BCUT2D eigenvalue weighted by Crippen LogP contribution is -2.63. The van der Waals surface area contributed by atoms with Crippen molar-refractivity contribution >= 4 is 29.9 Å². The molecule has 0 spiro atoms. The number of nitrogens with zero attached hydrogens (tertiary/aromatic N) is 2. The van der Waals surface area contributed by atoms with Crippen molar-refractivity contribution in [2.75, 3.05) is 13.1 Å². The van der Waals surface area contributed by atoms with Gasteiger partial charge in [0.1, 0.15) is 0 Å². The number of nitrogens with two attached hydrogens (primary N) is 1. The highest BCUT2D eigenvalue weighted by atomic mass is 16.9. The Hall–Kier alpha value is -2.66. The number of para-hydroxylation sites is 1. The van der Waals surface area contributed by atoms with Gasteiger partial charge in [0.2, 0.25) is 0 Å². The molecule has 0 aliphatic carbocycles. The number of carbonyl (C=O) groups excluding carboxylic acids is 4. The standard InChI is InChI=1S/C14H17N5O5/c15-8-9-16-17-14(23)19(10-20,11-4-2-1-3-5-11)24-18-12(21)6-7-13(18)22/h1-5,10,16H,6-9,15H2/p+1. The molecular weight excluding hydrogens is 318 g/mol. The van der Waals surface area contributed by atoms with Crippen LogP contribution in [0.1, 0.15) is 12.8 Å². The Morgan fingerprint density at radius 2 is 1.88 bits per heavy atom. The monoisotopic (exact) mass is 336 g/mol. The lowest BCUT2D eigenvalue weighted by Gasteiger charge is -2.27. The molecule has 5 amide bonds. The summed E-state index contributed by atoms with van der Waals surface area (Å²) < 4.78 is -1.37. The molecular formula is C14H18N5O5+. The predicted octanol–water partition coefficient (Wildman–Crippen LogP) is -0.681. The summed E-state index contributed by atoms with van der Waals surface area (Å²) in [6, 6.07) is 6.84. The van der Waals surface area contributed by atoms with Crippen molar-refractivity contribution in [2.24, 2.45) is 5.73 Å². The van der Waals surface area contributed by atoms with Gasteiger partial charge in [0, 0.05) is 42.7 Å². The van der Waals surface area contributed by atoms with Crippen LogP contribution in [-0.4, -0.2) is 42.4 Å². The second-order valence-electron chi connectivity index (χ2n) is 4.91. The van der Waals surface area contributed by atoms with E-state index in [-0.39, 0.29) is 38.0 Å². The number of hydrogen-bond donors (Lipinski definition) is 3. The number of hydrogen-bond acceptors (Lipinski definition) is 7. The minimum atomic E-state index is -1.37. The molecule has 1 fully saturated rings. The number of imide groups is 2. The van der Waals surface area contributed by atoms with Crippen molar-refractivity contribution in [3.63, 3.8) is 0 Å². The van der Waals surface area contributed by atoms with Gasteiger partial charge >= 0.3 is 12.4 Å². The SMILES string of the molecule is NCCNNC(=O)[N+](C=O)(ON1C(=O)CCC1=O)c1ccccc1. The first kappa shape index (κ1) is 17.7. The van der Waals surface area contributed by atoms with Crippen LogP contribution in [0.4, 0.5) is 10.5 Å². The fourth-order valence-electron chi connectivity index (χ4n) is 2.05.